The average molecular weight is 362 g/mol. The van der Waals surface area contributed by atoms with Crippen molar-refractivity contribution < 1.29 is 19.7 Å². The van der Waals surface area contributed by atoms with Gasteiger partial charge in [0.2, 0.25) is 0 Å². The van der Waals surface area contributed by atoms with Crippen LogP contribution in [0.2, 0.25) is 0 Å². The molecular formula is C23H22O4. The second kappa shape index (κ2) is 8.32. The van der Waals surface area contributed by atoms with Gasteiger partial charge in [0.25, 0.3) is 0 Å². The highest BCUT2D eigenvalue weighted by atomic mass is 16.5. The summed E-state index contributed by atoms with van der Waals surface area (Å²) in [6, 6.07) is 18.1. The zero-order valence-electron chi connectivity index (χ0n) is 15.3. The number of methoxy groups -OCH3 is 2. The van der Waals surface area contributed by atoms with Gasteiger partial charge in [-0.25, -0.2) is 0 Å². The molecular weight excluding hydrogens is 340 g/mol. The summed E-state index contributed by atoms with van der Waals surface area (Å²) >= 11 is 0. The molecule has 0 saturated carbocycles. The Bertz CT molecular complexity index is 943. The molecule has 0 fully saturated rings. The summed E-state index contributed by atoms with van der Waals surface area (Å²) < 4.78 is 11.0. The van der Waals surface area contributed by atoms with Crippen LogP contribution in [0.1, 0.15) is 22.3 Å². The molecule has 3 rings (SSSR count). The molecule has 3 aromatic carbocycles. The standard InChI is InChI=1S/C23H22O4/c1-26-20-14-18(10-9-17-5-3-4-6-22(17)25)21(23(15-20)27-2)13-16-7-11-19(24)12-8-16/h3-12,14-15,24-25H,13H2,1-2H3. The first-order chi connectivity index (χ1) is 13.1. The Balaban J connectivity index is 2.04. The number of aromatic hydroxyl groups is 2. The van der Waals surface area contributed by atoms with Crippen molar-refractivity contribution in [1.82, 2.24) is 0 Å². The van der Waals surface area contributed by atoms with E-state index in [-0.39, 0.29) is 11.5 Å². The lowest BCUT2D eigenvalue weighted by Gasteiger charge is -2.14. The highest BCUT2D eigenvalue weighted by molar-refractivity contribution is 5.75. The van der Waals surface area contributed by atoms with Crippen LogP contribution in [-0.2, 0) is 6.42 Å². The van der Waals surface area contributed by atoms with E-state index in [1.165, 1.54) is 0 Å². The number of benzene rings is 3. The molecule has 27 heavy (non-hydrogen) atoms. The van der Waals surface area contributed by atoms with Crippen molar-refractivity contribution in [1.29, 1.82) is 0 Å². The molecule has 0 aliphatic rings. The van der Waals surface area contributed by atoms with E-state index in [4.69, 9.17) is 9.47 Å². The lowest BCUT2D eigenvalue weighted by atomic mass is 9.97. The van der Waals surface area contributed by atoms with Gasteiger partial charge in [-0.15, -0.1) is 0 Å². The number of phenolic OH excluding ortho intramolecular Hbond substituents is 2. The summed E-state index contributed by atoms with van der Waals surface area (Å²) in [6.45, 7) is 0. The first-order valence-corrected chi connectivity index (χ1v) is 8.59. The number of ether oxygens (including phenoxy) is 2. The van der Waals surface area contributed by atoms with Gasteiger partial charge in [-0.1, -0.05) is 42.5 Å². The molecule has 0 bridgehead atoms. The van der Waals surface area contributed by atoms with E-state index < -0.39 is 0 Å². The molecule has 0 aromatic heterocycles. The first-order valence-electron chi connectivity index (χ1n) is 8.59. The number of hydrogen-bond acceptors (Lipinski definition) is 4. The first kappa shape index (κ1) is 18.4. The molecule has 2 N–H and O–H groups in total. The van der Waals surface area contributed by atoms with Gasteiger partial charge >= 0.3 is 0 Å². The van der Waals surface area contributed by atoms with Crippen LogP contribution >= 0.6 is 0 Å². The van der Waals surface area contributed by atoms with Crippen LogP contribution in [-0.4, -0.2) is 24.4 Å². The van der Waals surface area contributed by atoms with Crippen molar-refractivity contribution in [2.24, 2.45) is 0 Å². The summed E-state index contributed by atoms with van der Waals surface area (Å²) in [6.07, 6.45) is 4.44. The Kier molecular flexibility index (Phi) is 5.67. The minimum absolute atomic E-state index is 0.226. The third-order valence-electron chi connectivity index (χ3n) is 4.37. The largest absolute Gasteiger partial charge is 0.508 e. The van der Waals surface area contributed by atoms with Crippen molar-refractivity contribution in [3.05, 3.63) is 82.9 Å². The normalized spacial score (nSPS) is 10.9. The van der Waals surface area contributed by atoms with E-state index in [0.29, 0.717) is 12.2 Å². The molecule has 138 valence electrons. The lowest BCUT2D eigenvalue weighted by Crippen LogP contribution is -1.98. The van der Waals surface area contributed by atoms with Crippen molar-refractivity contribution >= 4 is 12.2 Å². The zero-order valence-corrected chi connectivity index (χ0v) is 15.3. The predicted octanol–water partition coefficient (Wildman–Crippen LogP) is 4.88. The number of rotatable bonds is 6. The van der Waals surface area contributed by atoms with Gasteiger partial charge in [0.1, 0.15) is 23.0 Å². The van der Waals surface area contributed by atoms with Gasteiger partial charge in [-0.2, -0.15) is 0 Å². The van der Waals surface area contributed by atoms with Gasteiger partial charge < -0.3 is 19.7 Å². The monoisotopic (exact) mass is 362 g/mol. The van der Waals surface area contributed by atoms with Crippen LogP contribution in [0.4, 0.5) is 0 Å². The van der Waals surface area contributed by atoms with Crippen molar-refractivity contribution in [2.75, 3.05) is 14.2 Å². The molecule has 4 heteroatoms. The van der Waals surface area contributed by atoms with Crippen LogP contribution in [0.15, 0.2) is 60.7 Å². The summed E-state index contributed by atoms with van der Waals surface area (Å²) in [5, 5.41) is 19.5. The third-order valence-corrected chi connectivity index (χ3v) is 4.37. The van der Waals surface area contributed by atoms with E-state index in [2.05, 4.69) is 0 Å². The maximum absolute atomic E-state index is 10.00. The minimum atomic E-state index is 0.226. The second-order valence-corrected chi connectivity index (χ2v) is 6.13. The topological polar surface area (TPSA) is 58.9 Å². The van der Waals surface area contributed by atoms with Gasteiger partial charge in [-0.3, -0.25) is 0 Å². The Morgan fingerprint density at radius 1 is 0.815 bits per heavy atom. The van der Waals surface area contributed by atoms with E-state index in [1.54, 1.807) is 38.5 Å². The summed E-state index contributed by atoms with van der Waals surface area (Å²) in [7, 11) is 3.25. The smallest absolute Gasteiger partial charge is 0.126 e. The van der Waals surface area contributed by atoms with Crippen LogP contribution in [0.5, 0.6) is 23.0 Å². The van der Waals surface area contributed by atoms with E-state index in [9.17, 15) is 10.2 Å². The van der Waals surface area contributed by atoms with E-state index >= 15 is 0 Å². The molecule has 0 aliphatic heterocycles. The Morgan fingerprint density at radius 3 is 2.19 bits per heavy atom. The maximum Gasteiger partial charge on any atom is 0.126 e. The third kappa shape index (κ3) is 4.42. The molecule has 3 aromatic rings. The molecule has 0 amide bonds. The molecule has 4 nitrogen and oxygen atoms in total. The molecule has 0 aliphatic carbocycles. The molecule has 0 radical (unpaired) electrons. The Morgan fingerprint density at radius 2 is 1.52 bits per heavy atom. The molecule has 0 atom stereocenters. The minimum Gasteiger partial charge on any atom is -0.508 e. The van der Waals surface area contributed by atoms with Crippen molar-refractivity contribution in [3.63, 3.8) is 0 Å². The molecule has 0 heterocycles. The summed E-state index contributed by atoms with van der Waals surface area (Å²) in [4.78, 5) is 0. The van der Waals surface area contributed by atoms with E-state index in [0.717, 1.165) is 28.0 Å². The van der Waals surface area contributed by atoms with Gasteiger partial charge in [0.05, 0.1) is 14.2 Å². The summed E-state index contributed by atoms with van der Waals surface area (Å²) in [5.74, 6) is 1.88. The van der Waals surface area contributed by atoms with Crippen LogP contribution in [0, 0.1) is 0 Å². The fourth-order valence-electron chi connectivity index (χ4n) is 2.90. The summed E-state index contributed by atoms with van der Waals surface area (Å²) in [5.41, 5.74) is 3.71. The number of phenols is 2. The van der Waals surface area contributed by atoms with Crippen LogP contribution in [0.3, 0.4) is 0 Å². The van der Waals surface area contributed by atoms with Gasteiger partial charge in [0.15, 0.2) is 0 Å². The lowest BCUT2D eigenvalue weighted by molar-refractivity contribution is 0.391. The zero-order chi connectivity index (χ0) is 19.2. The fourth-order valence-corrected chi connectivity index (χ4v) is 2.90. The van der Waals surface area contributed by atoms with Crippen LogP contribution in [0.25, 0.3) is 12.2 Å². The quantitative estimate of drug-likeness (QED) is 0.614. The van der Waals surface area contributed by atoms with E-state index in [1.807, 2.05) is 48.6 Å². The maximum atomic E-state index is 10.00. The Hall–Kier alpha value is -3.40. The van der Waals surface area contributed by atoms with Crippen molar-refractivity contribution in [3.8, 4) is 23.0 Å². The Labute approximate surface area is 158 Å². The predicted molar refractivity (Wildman–Crippen MR) is 107 cm³/mol. The molecule has 0 saturated heterocycles. The highest BCUT2D eigenvalue weighted by Gasteiger charge is 2.12. The van der Waals surface area contributed by atoms with Crippen molar-refractivity contribution in [2.45, 2.75) is 6.42 Å². The fraction of sp³-hybridized carbons (Fsp3) is 0.130. The molecule has 0 spiro atoms. The average Bonchev–Trinajstić information content (AvgIpc) is 2.69. The SMILES string of the molecule is COc1cc(C=Cc2ccccc2O)c(Cc2ccc(O)cc2)c(OC)c1. The number of para-hydroxylation sites is 1. The highest BCUT2D eigenvalue weighted by Crippen LogP contribution is 2.32. The van der Waals surface area contributed by atoms with Gasteiger partial charge in [0, 0.05) is 23.6 Å². The molecule has 0 unspecified atom stereocenters. The second-order valence-electron chi connectivity index (χ2n) is 6.13. The van der Waals surface area contributed by atoms with Gasteiger partial charge in [-0.05, 0) is 35.4 Å². The van der Waals surface area contributed by atoms with Crippen LogP contribution < -0.4 is 9.47 Å². The number of hydrogen-bond donors (Lipinski definition) is 2.